The third kappa shape index (κ3) is 5.38. The van der Waals surface area contributed by atoms with Gasteiger partial charge in [-0.25, -0.2) is 9.78 Å². The van der Waals surface area contributed by atoms with E-state index in [0.717, 1.165) is 18.3 Å². The highest BCUT2D eigenvalue weighted by Crippen LogP contribution is 2.45. The van der Waals surface area contributed by atoms with Crippen molar-refractivity contribution in [3.63, 3.8) is 0 Å². The second kappa shape index (κ2) is 8.89. The van der Waals surface area contributed by atoms with Crippen LogP contribution in [-0.4, -0.2) is 65.4 Å². The lowest BCUT2D eigenvalue weighted by atomic mass is 9.79. The van der Waals surface area contributed by atoms with Crippen molar-refractivity contribution in [1.82, 2.24) is 9.88 Å². The molecule has 172 valence electrons. The van der Waals surface area contributed by atoms with E-state index in [-0.39, 0.29) is 24.6 Å². The summed E-state index contributed by atoms with van der Waals surface area (Å²) in [6.45, 7) is 2.92. The lowest BCUT2D eigenvalue weighted by Crippen LogP contribution is -2.53. The number of piperazine rings is 1. The number of alkyl halides is 3. The summed E-state index contributed by atoms with van der Waals surface area (Å²) < 4.78 is 44.0. The van der Waals surface area contributed by atoms with E-state index in [2.05, 4.69) is 4.98 Å². The summed E-state index contributed by atoms with van der Waals surface area (Å²) in [5, 5.41) is 9.96. The zero-order chi connectivity index (χ0) is 22.8. The molecule has 3 unspecified atom stereocenters. The molecule has 0 radical (unpaired) electrons. The van der Waals surface area contributed by atoms with E-state index in [0.29, 0.717) is 39.0 Å². The van der Waals surface area contributed by atoms with Gasteiger partial charge >= 0.3 is 12.3 Å². The molecule has 1 aliphatic heterocycles. The van der Waals surface area contributed by atoms with E-state index in [1.54, 1.807) is 16.7 Å². The third-order valence-corrected chi connectivity index (χ3v) is 5.95. The smallest absolute Gasteiger partial charge is 0.416 e. The molecule has 2 amide bonds. The number of primary amides is 1. The maximum Gasteiger partial charge on any atom is 0.416 e. The van der Waals surface area contributed by atoms with E-state index in [9.17, 15) is 27.9 Å². The fourth-order valence-corrected chi connectivity index (χ4v) is 4.62. The summed E-state index contributed by atoms with van der Waals surface area (Å²) in [5.74, 6) is 0.0806. The molecule has 8 nitrogen and oxygen atoms in total. The average molecular weight is 444 g/mol. The molecule has 1 aromatic rings. The van der Waals surface area contributed by atoms with E-state index in [1.165, 1.54) is 0 Å². The second-order valence-electron chi connectivity index (χ2n) is 8.31. The largest absolute Gasteiger partial charge is 0.446 e. The van der Waals surface area contributed by atoms with Crippen molar-refractivity contribution in [1.29, 1.82) is 0 Å². The third-order valence-electron chi connectivity index (χ3n) is 5.95. The van der Waals surface area contributed by atoms with Crippen LogP contribution in [0.1, 0.15) is 38.2 Å². The van der Waals surface area contributed by atoms with Crippen LogP contribution in [-0.2, 0) is 15.7 Å². The van der Waals surface area contributed by atoms with E-state index in [4.69, 9.17) is 10.5 Å². The maximum atomic E-state index is 13.4. The SMILES string of the molecule is CC(O)CC1(C(=O)N2CCN(c3cc(C(F)(F)F)ccn3)CC2)CCC(OC(N)=O)C1. The Balaban J connectivity index is 1.67. The Morgan fingerprint density at radius 1 is 1.35 bits per heavy atom. The van der Waals surface area contributed by atoms with Gasteiger partial charge in [0.1, 0.15) is 11.9 Å². The van der Waals surface area contributed by atoms with Crippen LogP contribution in [0.2, 0.25) is 0 Å². The van der Waals surface area contributed by atoms with Gasteiger partial charge in [0, 0.05) is 32.4 Å². The second-order valence-corrected chi connectivity index (χ2v) is 8.31. The van der Waals surface area contributed by atoms with Crippen molar-refractivity contribution in [2.75, 3.05) is 31.1 Å². The predicted octanol–water partition coefficient (Wildman–Crippen LogP) is 2.15. The van der Waals surface area contributed by atoms with E-state index in [1.807, 2.05) is 0 Å². The number of aromatic nitrogens is 1. The Morgan fingerprint density at radius 3 is 2.61 bits per heavy atom. The Hall–Kier alpha value is -2.56. The van der Waals surface area contributed by atoms with Crippen LogP contribution in [0.25, 0.3) is 0 Å². The van der Waals surface area contributed by atoms with E-state index >= 15 is 0 Å². The van der Waals surface area contributed by atoms with Crippen LogP contribution in [0.3, 0.4) is 0 Å². The van der Waals surface area contributed by atoms with Crippen molar-refractivity contribution >= 4 is 17.8 Å². The molecule has 1 saturated carbocycles. The summed E-state index contributed by atoms with van der Waals surface area (Å²) in [4.78, 5) is 31.9. The number of hydrogen-bond donors (Lipinski definition) is 2. The molecule has 0 spiro atoms. The molecule has 2 aliphatic rings. The van der Waals surface area contributed by atoms with Crippen molar-refractivity contribution < 1.29 is 32.6 Å². The van der Waals surface area contributed by atoms with Crippen LogP contribution in [0.5, 0.6) is 0 Å². The first-order valence-electron chi connectivity index (χ1n) is 10.2. The number of ether oxygens (including phenoxy) is 1. The molecular weight excluding hydrogens is 417 g/mol. The van der Waals surface area contributed by atoms with Gasteiger partial charge in [0.25, 0.3) is 0 Å². The zero-order valence-electron chi connectivity index (χ0n) is 17.3. The fourth-order valence-electron chi connectivity index (χ4n) is 4.62. The number of nitrogens with zero attached hydrogens (tertiary/aromatic N) is 3. The van der Waals surface area contributed by atoms with Crippen molar-refractivity contribution in [2.45, 2.75) is 51.0 Å². The lowest BCUT2D eigenvalue weighted by Gasteiger charge is -2.40. The Morgan fingerprint density at radius 2 is 2.03 bits per heavy atom. The topological polar surface area (TPSA) is 109 Å². The number of halogens is 3. The number of rotatable bonds is 5. The normalized spacial score (nSPS) is 25.4. The lowest BCUT2D eigenvalue weighted by molar-refractivity contribution is -0.144. The molecular formula is C20H27F3N4O4. The van der Waals surface area contributed by atoms with E-state index < -0.39 is 35.5 Å². The van der Waals surface area contributed by atoms with Crippen LogP contribution in [0, 0.1) is 5.41 Å². The Bertz CT molecular complexity index is 812. The molecule has 0 aromatic carbocycles. The van der Waals surface area contributed by atoms with Gasteiger partial charge in [0.05, 0.1) is 17.1 Å². The standard InChI is InChI=1S/C20H27F3N4O4/c1-13(28)11-19(4-2-15(12-19)31-18(24)30)17(29)27-8-6-26(7-9-27)16-10-14(3-5-25-16)20(21,22)23/h3,5,10,13,15,28H,2,4,6-9,11-12H2,1H3,(H2,24,30). The van der Waals surface area contributed by atoms with Gasteiger partial charge in [0.2, 0.25) is 5.91 Å². The number of anilines is 1. The Labute approximate surface area is 178 Å². The number of carbonyl (C=O) groups is 2. The number of carbonyl (C=O) groups excluding carboxylic acids is 2. The van der Waals surface area contributed by atoms with Crippen molar-refractivity contribution in [2.24, 2.45) is 11.1 Å². The molecule has 1 saturated heterocycles. The molecule has 2 heterocycles. The molecule has 31 heavy (non-hydrogen) atoms. The predicted molar refractivity (Wildman–Crippen MR) is 105 cm³/mol. The number of hydrogen-bond acceptors (Lipinski definition) is 6. The molecule has 11 heteroatoms. The highest BCUT2D eigenvalue weighted by atomic mass is 19.4. The first-order chi connectivity index (χ1) is 14.5. The van der Waals surface area contributed by atoms with Gasteiger partial charge in [0.15, 0.2) is 0 Å². The minimum Gasteiger partial charge on any atom is -0.446 e. The molecule has 3 rings (SSSR count). The van der Waals surface area contributed by atoms with Crippen LogP contribution < -0.4 is 10.6 Å². The van der Waals surface area contributed by atoms with Crippen LogP contribution in [0.15, 0.2) is 18.3 Å². The molecule has 0 bridgehead atoms. The van der Waals surface area contributed by atoms with Gasteiger partial charge in [-0.05, 0) is 44.7 Å². The highest BCUT2D eigenvalue weighted by molar-refractivity contribution is 5.83. The van der Waals surface area contributed by atoms with Crippen molar-refractivity contribution in [3.8, 4) is 0 Å². The number of aliphatic hydroxyl groups excluding tert-OH is 1. The monoisotopic (exact) mass is 444 g/mol. The minimum absolute atomic E-state index is 0.138. The first-order valence-corrected chi connectivity index (χ1v) is 10.2. The van der Waals surface area contributed by atoms with Gasteiger partial charge in [-0.2, -0.15) is 13.2 Å². The number of amides is 2. The average Bonchev–Trinajstić information content (AvgIpc) is 3.09. The van der Waals surface area contributed by atoms with Gasteiger partial charge in [-0.15, -0.1) is 0 Å². The van der Waals surface area contributed by atoms with Gasteiger partial charge in [-0.1, -0.05) is 0 Å². The minimum atomic E-state index is -4.45. The number of nitrogens with two attached hydrogens (primary N) is 1. The van der Waals surface area contributed by atoms with Gasteiger partial charge < -0.3 is 25.4 Å². The quantitative estimate of drug-likeness (QED) is 0.721. The number of pyridine rings is 1. The molecule has 2 fully saturated rings. The fraction of sp³-hybridized carbons (Fsp3) is 0.650. The molecule has 3 atom stereocenters. The van der Waals surface area contributed by atoms with Gasteiger partial charge in [-0.3, -0.25) is 4.79 Å². The summed E-state index contributed by atoms with van der Waals surface area (Å²) in [6, 6.07) is 1.93. The first kappa shape index (κ1) is 23.1. The summed E-state index contributed by atoms with van der Waals surface area (Å²) in [5.41, 5.74) is 3.48. The highest BCUT2D eigenvalue weighted by Gasteiger charge is 2.49. The summed E-state index contributed by atoms with van der Waals surface area (Å²) in [7, 11) is 0. The summed E-state index contributed by atoms with van der Waals surface area (Å²) in [6.07, 6.45) is -3.94. The molecule has 1 aliphatic carbocycles. The molecule has 1 aromatic heterocycles. The Kier molecular flexibility index (Phi) is 6.63. The van der Waals surface area contributed by atoms with Crippen molar-refractivity contribution in [3.05, 3.63) is 23.9 Å². The van der Waals surface area contributed by atoms with Crippen LogP contribution in [0.4, 0.5) is 23.8 Å². The maximum absolute atomic E-state index is 13.4. The summed E-state index contributed by atoms with van der Waals surface area (Å²) >= 11 is 0. The molecule has 3 N–H and O–H groups in total. The zero-order valence-corrected chi connectivity index (χ0v) is 17.3. The number of aliphatic hydroxyl groups is 1. The van der Waals surface area contributed by atoms with Crippen LogP contribution >= 0.6 is 0 Å².